The second kappa shape index (κ2) is 5.56. The average Bonchev–Trinajstić information content (AvgIpc) is 3.13. The molecule has 3 heterocycles. The van der Waals surface area contributed by atoms with E-state index in [1.165, 1.54) is 10.4 Å². The minimum atomic E-state index is -0.00157. The largest absolute Gasteiger partial charge is 0.423 e. The molecule has 0 bridgehead atoms. The predicted molar refractivity (Wildman–Crippen MR) is 87.8 cm³/mol. The first-order valence-corrected chi connectivity index (χ1v) is 8.78. The maximum absolute atomic E-state index is 12.9. The van der Waals surface area contributed by atoms with Gasteiger partial charge in [0.15, 0.2) is 0 Å². The van der Waals surface area contributed by atoms with E-state index in [0.717, 1.165) is 29.5 Å². The Morgan fingerprint density at radius 1 is 1.39 bits per heavy atom. The standard InChI is InChI=1S/C16H18N4O2S/c1-3-12-18-19-13(22-12)7-20-8-17-15-14(16(20)21)10-5-4-9(2)6-11(10)23-15/h8-9H,3-7H2,1-2H3/t9-/m0/s1. The van der Waals surface area contributed by atoms with E-state index in [0.29, 0.717) is 24.1 Å². The maximum Gasteiger partial charge on any atom is 0.262 e. The van der Waals surface area contributed by atoms with E-state index in [1.54, 1.807) is 22.2 Å². The van der Waals surface area contributed by atoms with Gasteiger partial charge in [-0.1, -0.05) is 13.8 Å². The van der Waals surface area contributed by atoms with Gasteiger partial charge in [-0.2, -0.15) is 0 Å². The van der Waals surface area contributed by atoms with Crippen molar-refractivity contribution in [1.82, 2.24) is 19.7 Å². The molecule has 0 radical (unpaired) electrons. The van der Waals surface area contributed by atoms with Crippen molar-refractivity contribution < 1.29 is 4.42 Å². The minimum absolute atomic E-state index is 0.00157. The van der Waals surface area contributed by atoms with Gasteiger partial charge in [-0.15, -0.1) is 21.5 Å². The Morgan fingerprint density at radius 3 is 3.00 bits per heavy atom. The molecule has 0 spiro atoms. The molecule has 0 saturated carbocycles. The molecule has 1 aliphatic carbocycles. The van der Waals surface area contributed by atoms with Crippen molar-refractivity contribution in [3.8, 4) is 0 Å². The first kappa shape index (κ1) is 14.6. The molecule has 23 heavy (non-hydrogen) atoms. The van der Waals surface area contributed by atoms with Crippen LogP contribution >= 0.6 is 11.3 Å². The number of aromatic nitrogens is 4. The number of hydrogen-bond donors (Lipinski definition) is 0. The monoisotopic (exact) mass is 330 g/mol. The van der Waals surface area contributed by atoms with Crippen LogP contribution in [0.15, 0.2) is 15.5 Å². The first-order valence-electron chi connectivity index (χ1n) is 7.96. The van der Waals surface area contributed by atoms with E-state index in [9.17, 15) is 4.79 Å². The lowest BCUT2D eigenvalue weighted by molar-refractivity contribution is 0.439. The average molecular weight is 330 g/mol. The van der Waals surface area contributed by atoms with E-state index < -0.39 is 0 Å². The fraction of sp³-hybridized carbons (Fsp3) is 0.500. The summed E-state index contributed by atoms with van der Waals surface area (Å²) in [5, 5.41) is 8.71. The topological polar surface area (TPSA) is 73.8 Å². The van der Waals surface area contributed by atoms with E-state index in [2.05, 4.69) is 22.1 Å². The van der Waals surface area contributed by atoms with Crippen LogP contribution in [0.4, 0.5) is 0 Å². The van der Waals surface area contributed by atoms with Crippen LogP contribution in [-0.2, 0) is 25.8 Å². The van der Waals surface area contributed by atoms with Crippen molar-refractivity contribution in [2.24, 2.45) is 5.92 Å². The normalized spacial score (nSPS) is 17.6. The molecular weight excluding hydrogens is 312 g/mol. The minimum Gasteiger partial charge on any atom is -0.423 e. The molecule has 120 valence electrons. The van der Waals surface area contributed by atoms with E-state index in [1.807, 2.05) is 6.92 Å². The third-order valence-corrected chi connectivity index (χ3v) is 5.56. The van der Waals surface area contributed by atoms with Crippen molar-refractivity contribution in [1.29, 1.82) is 0 Å². The Bertz CT molecular complexity index is 924. The van der Waals surface area contributed by atoms with Crippen LogP contribution in [-0.4, -0.2) is 19.7 Å². The second-order valence-electron chi connectivity index (χ2n) is 6.15. The number of aryl methyl sites for hydroxylation is 2. The van der Waals surface area contributed by atoms with Crippen LogP contribution in [0.1, 0.15) is 42.5 Å². The summed E-state index contributed by atoms with van der Waals surface area (Å²) in [4.78, 5) is 19.5. The van der Waals surface area contributed by atoms with Gasteiger partial charge in [0.25, 0.3) is 5.56 Å². The highest BCUT2D eigenvalue weighted by Crippen LogP contribution is 2.35. The summed E-state index contributed by atoms with van der Waals surface area (Å²) in [6.45, 7) is 4.49. The molecule has 6 nitrogen and oxygen atoms in total. The van der Waals surface area contributed by atoms with Crippen LogP contribution in [0.3, 0.4) is 0 Å². The third-order valence-electron chi connectivity index (χ3n) is 4.40. The van der Waals surface area contributed by atoms with Crippen molar-refractivity contribution in [2.75, 3.05) is 0 Å². The molecule has 0 saturated heterocycles. The van der Waals surface area contributed by atoms with Gasteiger partial charge in [0, 0.05) is 11.3 Å². The number of fused-ring (bicyclic) bond motifs is 3. The summed E-state index contributed by atoms with van der Waals surface area (Å²) in [7, 11) is 0. The van der Waals surface area contributed by atoms with Crippen molar-refractivity contribution in [3.05, 3.63) is 38.9 Å². The predicted octanol–water partition coefficient (Wildman–Crippen LogP) is 2.58. The van der Waals surface area contributed by atoms with Crippen LogP contribution in [0.5, 0.6) is 0 Å². The molecule has 3 aromatic heterocycles. The zero-order valence-electron chi connectivity index (χ0n) is 13.2. The molecule has 1 atom stereocenters. The van der Waals surface area contributed by atoms with Gasteiger partial charge >= 0.3 is 0 Å². The fourth-order valence-electron chi connectivity index (χ4n) is 3.12. The Balaban J connectivity index is 1.77. The molecule has 0 fully saturated rings. The lowest BCUT2D eigenvalue weighted by atomic mass is 9.89. The molecule has 0 N–H and O–H groups in total. The molecule has 3 aromatic rings. The molecule has 0 unspecified atom stereocenters. The van der Waals surface area contributed by atoms with Gasteiger partial charge in [-0.05, 0) is 30.7 Å². The molecule has 0 amide bonds. The smallest absolute Gasteiger partial charge is 0.262 e. The van der Waals surface area contributed by atoms with Crippen molar-refractivity contribution in [3.63, 3.8) is 0 Å². The second-order valence-corrected chi connectivity index (χ2v) is 7.24. The number of rotatable bonds is 3. The highest BCUT2D eigenvalue weighted by molar-refractivity contribution is 7.18. The van der Waals surface area contributed by atoms with Gasteiger partial charge in [0.1, 0.15) is 11.4 Å². The van der Waals surface area contributed by atoms with Crippen LogP contribution in [0.2, 0.25) is 0 Å². The van der Waals surface area contributed by atoms with Gasteiger partial charge in [0.2, 0.25) is 11.8 Å². The molecular formula is C16H18N4O2S. The number of hydrogen-bond acceptors (Lipinski definition) is 6. The summed E-state index contributed by atoms with van der Waals surface area (Å²) < 4.78 is 7.07. The summed E-state index contributed by atoms with van der Waals surface area (Å²) >= 11 is 1.66. The van der Waals surface area contributed by atoms with E-state index in [-0.39, 0.29) is 12.1 Å². The van der Waals surface area contributed by atoms with Crippen molar-refractivity contribution >= 4 is 21.6 Å². The van der Waals surface area contributed by atoms with Gasteiger partial charge in [-0.3, -0.25) is 9.36 Å². The lowest BCUT2D eigenvalue weighted by Gasteiger charge is -2.17. The highest BCUT2D eigenvalue weighted by atomic mass is 32.1. The summed E-state index contributed by atoms with van der Waals surface area (Å²) in [5.74, 6) is 1.72. The van der Waals surface area contributed by atoms with Gasteiger partial charge < -0.3 is 4.42 Å². The first-order chi connectivity index (χ1) is 11.2. The Kier molecular flexibility index (Phi) is 3.52. The molecule has 0 aromatic carbocycles. The molecule has 1 aliphatic rings. The summed E-state index contributed by atoms with van der Waals surface area (Å²) in [6.07, 6.45) is 5.44. The summed E-state index contributed by atoms with van der Waals surface area (Å²) in [6, 6.07) is 0. The SMILES string of the molecule is CCc1nnc(Cn2cnc3sc4c(c3c2=O)CC[C@H](C)C4)o1. The zero-order chi connectivity index (χ0) is 16.0. The highest BCUT2D eigenvalue weighted by Gasteiger charge is 2.23. The number of thiophene rings is 1. The molecule has 0 aliphatic heterocycles. The van der Waals surface area contributed by atoms with Crippen LogP contribution < -0.4 is 5.56 Å². The van der Waals surface area contributed by atoms with Gasteiger partial charge in [0.05, 0.1) is 11.7 Å². The van der Waals surface area contributed by atoms with Crippen molar-refractivity contribution in [2.45, 2.75) is 46.1 Å². The Labute approximate surface area is 137 Å². The zero-order valence-corrected chi connectivity index (χ0v) is 14.0. The van der Waals surface area contributed by atoms with E-state index in [4.69, 9.17) is 4.42 Å². The van der Waals surface area contributed by atoms with Crippen LogP contribution in [0.25, 0.3) is 10.2 Å². The quantitative estimate of drug-likeness (QED) is 0.738. The Hall–Kier alpha value is -2.02. The Morgan fingerprint density at radius 2 is 2.22 bits per heavy atom. The summed E-state index contributed by atoms with van der Waals surface area (Å²) in [5.41, 5.74) is 1.20. The lowest BCUT2D eigenvalue weighted by Crippen LogP contribution is -2.22. The number of nitrogens with zero attached hydrogens (tertiary/aromatic N) is 4. The third kappa shape index (κ3) is 2.49. The van der Waals surface area contributed by atoms with Gasteiger partial charge in [-0.25, -0.2) is 4.98 Å². The van der Waals surface area contributed by atoms with Crippen LogP contribution in [0, 0.1) is 5.92 Å². The van der Waals surface area contributed by atoms with E-state index >= 15 is 0 Å². The molecule has 7 heteroatoms. The molecule has 4 rings (SSSR count). The maximum atomic E-state index is 12.9. The fourth-order valence-corrected chi connectivity index (χ4v) is 4.46.